The average Bonchev–Trinajstić information content (AvgIpc) is 2.29. The van der Waals surface area contributed by atoms with Crippen LogP contribution in [-0.4, -0.2) is 12.0 Å². The van der Waals surface area contributed by atoms with E-state index in [0.717, 1.165) is 16.0 Å². The zero-order valence-electron chi connectivity index (χ0n) is 8.69. The Morgan fingerprint density at radius 2 is 2.06 bits per heavy atom. The topological polar surface area (TPSA) is 16.1 Å². The molecule has 0 bridgehead atoms. The maximum absolute atomic E-state index is 13.1. The number of hydrogen-bond acceptors (Lipinski definition) is 2. The lowest BCUT2D eigenvalue weighted by atomic mass is 10.3. The molecule has 0 N–H and O–H groups in total. The van der Waals surface area contributed by atoms with Gasteiger partial charge in [-0.2, -0.15) is 0 Å². The van der Waals surface area contributed by atoms with Gasteiger partial charge in [-0.3, -0.25) is 0 Å². The molecule has 0 fully saturated rings. The second kappa shape index (κ2) is 4.61. The smallest absolute Gasteiger partial charge is 0.132 e. The van der Waals surface area contributed by atoms with E-state index in [0.29, 0.717) is 0 Å². The van der Waals surface area contributed by atoms with Gasteiger partial charge >= 0.3 is 0 Å². The maximum Gasteiger partial charge on any atom is 0.132 e. The number of rotatable bonds is 2. The molecule has 0 saturated carbocycles. The van der Waals surface area contributed by atoms with Crippen LogP contribution in [0.15, 0.2) is 47.1 Å². The Morgan fingerprint density at radius 1 is 1.25 bits per heavy atom. The molecular weight excluding hydrogens is 271 g/mol. The molecule has 0 amide bonds. The van der Waals surface area contributed by atoms with Gasteiger partial charge in [0.25, 0.3) is 0 Å². The van der Waals surface area contributed by atoms with Crippen molar-refractivity contribution in [3.8, 4) is 0 Å². The van der Waals surface area contributed by atoms with E-state index < -0.39 is 0 Å². The Kier molecular flexibility index (Phi) is 3.19. The lowest BCUT2D eigenvalue weighted by molar-refractivity contribution is 0.628. The van der Waals surface area contributed by atoms with Crippen molar-refractivity contribution in [2.24, 2.45) is 0 Å². The van der Waals surface area contributed by atoms with Crippen LogP contribution in [0.3, 0.4) is 0 Å². The minimum atomic E-state index is -0.249. The van der Waals surface area contributed by atoms with Crippen LogP contribution in [0.25, 0.3) is 0 Å². The van der Waals surface area contributed by atoms with Crippen molar-refractivity contribution in [1.82, 2.24) is 4.98 Å². The van der Waals surface area contributed by atoms with Gasteiger partial charge in [0.15, 0.2) is 0 Å². The summed E-state index contributed by atoms with van der Waals surface area (Å²) in [5.41, 5.74) is 0.773. The first-order valence-electron chi connectivity index (χ1n) is 4.77. The van der Waals surface area contributed by atoms with E-state index in [2.05, 4.69) is 20.9 Å². The first kappa shape index (κ1) is 11.1. The van der Waals surface area contributed by atoms with E-state index in [4.69, 9.17) is 0 Å². The van der Waals surface area contributed by atoms with Crippen molar-refractivity contribution in [1.29, 1.82) is 0 Å². The summed E-state index contributed by atoms with van der Waals surface area (Å²) in [4.78, 5) is 6.07. The molecule has 0 aliphatic rings. The lowest BCUT2D eigenvalue weighted by Gasteiger charge is -2.18. The van der Waals surface area contributed by atoms with Crippen LogP contribution in [0.4, 0.5) is 15.9 Å². The predicted molar refractivity (Wildman–Crippen MR) is 66.4 cm³/mol. The van der Waals surface area contributed by atoms with Crippen molar-refractivity contribution < 1.29 is 4.39 Å². The Morgan fingerprint density at radius 3 is 2.69 bits per heavy atom. The highest BCUT2D eigenvalue weighted by molar-refractivity contribution is 9.10. The molecule has 0 atom stereocenters. The molecule has 0 saturated heterocycles. The molecule has 4 heteroatoms. The Labute approximate surface area is 102 Å². The average molecular weight is 281 g/mol. The highest BCUT2D eigenvalue weighted by Crippen LogP contribution is 2.22. The van der Waals surface area contributed by atoms with Crippen molar-refractivity contribution >= 4 is 27.4 Å². The number of pyridine rings is 1. The Balaban J connectivity index is 2.31. The molecule has 2 rings (SSSR count). The molecule has 16 heavy (non-hydrogen) atoms. The molecule has 0 aliphatic heterocycles. The summed E-state index contributed by atoms with van der Waals surface area (Å²) in [5.74, 6) is 0.523. The van der Waals surface area contributed by atoms with Crippen LogP contribution in [0.1, 0.15) is 0 Å². The molecule has 1 heterocycles. The third-order valence-corrected chi connectivity index (χ3v) is 2.72. The molecule has 2 nitrogen and oxygen atoms in total. The van der Waals surface area contributed by atoms with Crippen molar-refractivity contribution in [2.75, 3.05) is 11.9 Å². The molecule has 0 unspecified atom stereocenters. The highest BCUT2D eigenvalue weighted by atomic mass is 79.9. The van der Waals surface area contributed by atoms with Crippen molar-refractivity contribution in [3.05, 3.63) is 52.9 Å². The monoisotopic (exact) mass is 280 g/mol. The van der Waals surface area contributed by atoms with E-state index in [1.54, 1.807) is 12.3 Å². The van der Waals surface area contributed by atoms with Gasteiger partial charge in [-0.05, 0) is 46.3 Å². The summed E-state index contributed by atoms with van der Waals surface area (Å²) < 4.78 is 14.0. The van der Waals surface area contributed by atoms with Crippen LogP contribution in [0.2, 0.25) is 0 Å². The standard InChI is InChI=1S/C12H10BrFN2/c1-16(11-4-2-3-10(14)7-11)12-6-5-9(13)8-15-12/h2-8H,1H3. The Bertz CT molecular complexity index is 485. The van der Waals surface area contributed by atoms with Crippen LogP contribution in [0.5, 0.6) is 0 Å². The zero-order valence-corrected chi connectivity index (χ0v) is 10.3. The molecule has 0 aliphatic carbocycles. The number of anilines is 2. The summed E-state index contributed by atoms with van der Waals surface area (Å²) in [7, 11) is 1.85. The Hall–Kier alpha value is -1.42. The van der Waals surface area contributed by atoms with E-state index in [1.165, 1.54) is 12.1 Å². The van der Waals surface area contributed by atoms with Crippen molar-refractivity contribution in [2.45, 2.75) is 0 Å². The number of halogens is 2. The largest absolute Gasteiger partial charge is 0.329 e. The summed E-state index contributed by atoms with van der Waals surface area (Å²) in [6.07, 6.45) is 1.71. The van der Waals surface area contributed by atoms with Gasteiger partial charge in [0.1, 0.15) is 11.6 Å². The molecule has 0 spiro atoms. The van der Waals surface area contributed by atoms with Gasteiger partial charge in [-0.1, -0.05) is 6.07 Å². The molecule has 82 valence electrons. The van der Waals surface area contributed by atoms with E-state index in [1.807, 2.05) is 30.1 Å². The van der Waals surface area contributed by atoms with Crippen LogP contribution in [-0.2, 0) is 0 Å². The summed E-state index contributed by atoms with van der Waals surface area (Å²) in [6, 6.07) is 10.2. The van der Waals surface area contributed by atoms with Crippen molar-refractivity contribution in [3.63, 3.8) is 0 Å². The van der Waals surface area contributed by atoms with Crippen LogP contribution >= 0.6 is 15.9 Å². The van der Waals surface area contributed by atoms with Gasteiger partial charge in [0.2, 0.25) is 0 Å². The molecule has 1 aromatic heterocycles. The lowest BCUT2D eigenvalue weighted by Crippen LogP contribution is -2.10. The second-order valence-corrected chi connectivity index (χ2v) is 4.29. The minimum Gasteiger partial charge on any atom is -0.329 e. The first-order valence-corrected chi connectivity index (χ1v) is 5.57. The first-order chi connectivity index (χ1) is 7.66. The van der Waals surface area contributed by atoms with E-state index in [9.17, 15) is 4.39 Å². The van der Waals surface area contributed by atoms with Gasteiger partial charge in [0.05, 0.1) is 0 Å². The van der Waals surface area contributed by atoms with Crippen LogP contribution < -0.4 is 4.90 Å². The second-order valence-electron chi connectivity index (χ2n) is 3.37. The third kappa shape index (κ3) is 2.39. The molecule has 2 aromatic rings. The number of benzene rings is 1. The fourth-order valence-electron chi connectivity index (χ4n) is 1.38. The number of aromatic nitrogens is 1. The fourth-order valence-corrected chi connectivity index (χ4v) is 1.62. The normalized spacial score (nSPS) is 10.2. The quantitative estimate of drug-likeness (QED) is 0.833. The summed E-state index contributed by atoms with van der Waals surface area (Å²) >= 11 is 3.32. The van der Waals surface area contributed by atoms with Gasteiger partial charge in [-0.15, -0.1) is 0 Å². The van der Waals surface area contributed by atoms with E-state index >= 15 is 0 Å². The summed E-state index contributed by atoms with van der Waals surface area (Å²) in [5, 5.41) is 0. The molecule has 0 radical (unpaired) electrons. The molecule has 1 aromatic carbocycles. The third-order valence-electron chi connectivity index (χ3n) is 2.25. The van der Waals surface area contributed by atoms with Gasteiger partial charge < -0.3 is 4.90 Å². The predicted octanol–water partition coefficient (Wildman–Crippen LogP) is 3.75. The zero-order chi connectivity index (χ0) is 11.5. The van der Waals surface area contributed by atoms with Gasteiger partial charge in [0, 0.05) is 23.4 Å². The number of hydrogen-bond donors (Lipinski definition) is 0. The van der Waals surface area contributed by atoms with Gasteiger partial charge in [-0.25, -0.2) is 9.37 Å². The highest BCUT2D eigenvalue weighted by Gasteiger charge is 2.05. The maximum atomic E-state index is 13.1. The molecular formula is C12H10BrFN2. The van der Waals surface area contributed by atoms with E-state index in [-0.39, 0.29) is 5.82 Å². The fraction of sp³-hybridized carbons (Fsp3) is 0.0833. The minimum absolute atomic E-state index is 0.249. The SMILES string of the molecule is CN(c1cccc(F)c1)c1ccc(Br)cn1. The number of nitrogens with zero attached hydrogens (tertiary/aromatic N) is 2. The summed E-state index contributed by atoms with van der Waals surface area (Å²) in [6.45, 7) is 0. The van der Waals surface area contributed by atoms with Crippen LogP contribution in [0, 0.1) is 5.82 Å².